The molecule has 0 saturated heterocycles. The Balaban J connectivity index is 1.72. The lowest BCUT2D eigenvalue weighted by atomic mass is 9.75. The minimum atomic E-state index is 0.0344. The molecule has 132 valence electrons. The lowest BCUT2D eigenvalue weighted by molar-refractivity contribution is -0.127. The Morgan fingerprint density at radius 1 is 1.04 bits per heavy atom. The summed E-state index contributed by atoms with van der Waals surface area (Å²) in [5.41, 5.74) is 2.39. The summed E-state index contributed by atoms with van der Waals surface area (Å²) in [6, 6.07) is 18.4. The molecular weight excluding hydrogens is 310 g/mol. The van der Waals surface area contributed by atoms with Crippen LogP contribution < -0.4 is 10.1 Å². The predicted molar refractivity (Wildman–Crippen MR) is 101 cm³/mol. The average Bonchev–Trinajstić information content (AvgIpc) is 2.68. The number of hydrogen-bond acceptors (Lipinski definition) is 2. The summed E-state index contributed by atoms with van der Waals surface area (Å²) in [5.74, 6) is 1.38. The highest BCUT2D eigenvalue weighted by atomic mass is 16.5. The van der Waals surface area contributed by atoms with E-state index < -0.39 is 0 Å². The summed E-state index contributed by atoms with van der Waals surface area (Å²) >= 11 is 0. The number of hydrogen-bond donors (Lipinski definition) is 1. The molecule has 2 aromatic rings. The summed E-state index contributed by atoms with van der Waals surface area (Å²) in [4.78, 5) is 13.0. The van der Waals surface area contributed by atoms with Crippen LogP contribution >= 0.6 is 0 Å². The first-order chi connectivity index (χ1) is 12.2. The van der Waals surface area contributed by atoms with Gasteiger partial charge in [-0.2, -0.15) is 0 Å². The number of benzene rings is 2. The SMILES string of the molecule is COc1ccc([C@H]2CCCC[C@@H]2C(=O)N[C@@H](C)c2ccccc2)cc1. The fourth-order valence-corrected chi connectivity index (χ4v) is 3.84. The molecule has 0 radical (unpaired) electrons. The van der Waals surface area contributed by atoms with Gasteiger partial charge in [-0.1, -0.05) is 55.3 Å². The first-order valence-electron chi connectivity index (χ1n) is 9.18. The summed E-state index contributed by atoms with van der Waals surface area (Å²) in [6.45, 7) is 2.05. The molecule has 2 aromatic carbocycles. The van der Waals surface area contributed by atoms with Crippen molar-refractivity contribution in [2.75, 3.05) is 7.11 Å². The molecule has 1 N–H and O–H groups in total. The van der Waals surface area contributed by atoms with Gasteiger partial charge in [-0.25, -0.2) is 0 Å². The van der Waals surface area contributed by atoms with E-state index in [1.165, 1.54) is 12.0 Å². The van der Waals surface area contributed by atoms with Crippen LogP contribution in [0.5, 0.6) is 5.75 Å². The topological polar surface area (TPSA) is 38.3 Å². The van der Waals surface area contributed by atoms with E-state index in [2.05, 4.69) is 36.5 Å². The molecule has 0 aliphatic heterocycles. The molecule has 3 nitrogen and oxygen atoms in total. The average molecular weight is 337 g/mol. The largest absolute Gasteiger partial charge is 0.497 e. The van der Waals surface area contributed by atoms with Crippen molar-refractivity contribution >= 4 is 5.91 Å². The second-order valence-electron chi connectivity index (χ2n) is 6.91. The van der Waals surface area contributed by atoms with Gasteiger partial charge in [0.05, 0.1) is 13.2 Å². The summed E-state index contributed by atoms with van der Waals surface area (Å²) in [5, 5.41) is 3.22. The van der Waals surface area contributed by atoms with Crippen LogP contribution in [0, 0.1) is 5.92 Å². The third kappa shape index (κ3) is 4.22. The van der Waals surface area contributed by atoms with Crippen LogP contribution in [-0.4, -0.2) is 13.0 Å². The molecule has 1 saturated carbocycles. The molecule has 3 rings (SSSR count). The van der Waals surface area contributed by atoms with E-state index in [0.29, 0.717) is 5.92 Å². The monoisotopic (exact) mass is 337 g/mol. The van der Waals surface area contributed by atoms with Crippen molar-refractivity contribution in [3.8, 4) is 5.75 Å². The number of amides is 1. The van der Waals surface area contributed by atoms with Crippen molar-refractivity contribution in [1.29, 1.82) is 0 Å². The minimum absolute atomic E-state index is 0.0344. The van der Waals surface area contributed by atoms with E-state index in [1.807, 2.05) is 30.3 Å². The Morgan fingerprint density at radius 3 is 2.40 bits per heavy atom. The van der Waals surface area contributed by atoms with Gasteiger partial charge < -0.3 is 10.1 Å². The van der Waals surface area contributed by atoms with E-state index >= 15 is 0 Å². The Labute approximate surface area is 150 Å². The zero-order valence-electron chi connectivity index (χ0n) is 15.1. The number of carbonyl (C=O) groups is 1. The van der Waals surface area contributed by atoms with E-state index in [0.717, 1.165) is 30.6 Å². The molecule has 1 aliphatic rings. The first kappa shape index (κ1) is 17.5. The van der Waals surface area contributed by atoms with Gasteiger partial charge in [-0.3, -0.25) is 4.79 Å². The molecule has 1 aliphatic carbocycles. The Morgan fingerprint density at radius 2 is 1.72 bits per heavy atom. The molecule has 1 amide bonds. The molecule has 1 fully saturated rings. The third-order valence-electron chi connectivity index (χ3n) is 5.31. The van der Waals surface area contributed by atoms with Crippen LogP contribution in [0.15, 0.2) is 54.6 Å². The summed E-state index contributed by atoms with van der Waals surface area (Å²) in [7, 11) is 1.68. The molecule has 25 heavy (non-hydrogen) atoms. The van der Waals surface area contributed by atoms with E-state index in [-0.39, 0.29) is 17.9 Å². The van der Waals surface area contributed by atoms with Gasteiger partial charge in [-0.15, -0.1) is 0 Å². The van der Waals surface area contributed by atoms with Crippen LogP contribution in [0.1, 0.15) is 55.7 Å². The second-order valence-corrected chi connectivity index (χ2v) is 6.91. The van der Waals surface area contributed by atoms with E-state index in [1.54, 1.807) is 7.11 Å². The van der Waals surface area contributed by atoms with Crippen molar-refractivity contribution in [1.82, 2.24) is 5.32 Å². The number of carbonyl (C=O) groups excluding carboxylic acids is 1. The maximum absolute atomic E-state index is 13.0. The highest BCUT2D eigenvalue weighted by Crippen LogP contribution is 2.38. The Bertz CT molecular complexity index is 681. The Kier molecular flexibility index (Phi) is 5.75. The smallest absolute Gasteiger partial charge is 0.224 e. The van der Waals surface area contributed by atoms with Crippen molar-refractivity contribution in [2.45, 2.75) is 44.6 Å². The molecule has 0 bridgehead atoms. The van der Waals surface area contributed by atoms with Gasteiger partial charge in [0.15, 0.2) is 0 Å². The highest BCUT2D eigenvalue weighted by Gasteiger charge is 2.32. The van der Waals surface area contributed by atoms with E-state index in [4.69, 9.17) is 4.74 Å². The molecule has 0 heterocycles. The van der Waals surface area contributed by atoms with Gasteiger partial charge in [0.2, 0.25) is 5.91 Å². The van der Waals surface area contributed by atoms with Crippen molar-refractivity contribution in [2.24, 2.45) is 5.92 Å². The maximum Gasteiger partial charge on any atom is 0.224 e. The normalized spacial score (nSPS) is 21.4. The summed E-state index contributed by atoms with van der Waals surface area (Å²) in [6.07, 6.45) is 4.35. The van der Waals surface area contributed by atoms with Crippen molar-refractivity contribution in [3.05, 3.63) is 65.7 Å². The standard InChI is InChI=1S/C22H27NO2/c1-16(17-8-4-3-5-9-17)23-22(24)21-11-7-6-10-20(21)18-12-14-19(25-2)15-13-18/h3-5,8-9,12-16,20-21H,6-7,10-11H2,1-2H3,(H,23,24)/t16-,20+,21-/m0/s1. The number of nitrogens with one attached hydrogen (secondary N) is 1. The first-order valence-corrected chi connectivity index (χ1v) is 9.18. The lowest BCUT2D eigenvalue weighted by Crippen LogP contribution is -2.37. The highest BCUT2D eigenvalue weighted by molar-refractivity contribution is 5.80. The number of methoxy groups -OCH3 is 1. The Hall–Kier alpha value is -2.29. The van der Waals surface area contributed by atoms with Crippen molar-refractivity contribution < 1.29 is 9.53 Å². The van der Waals surface area contributed by atoms with Gasteiger partial charge in [-0.05, 0) is 48.9 Å². The van der Waals surface area contributed by atoms with Gasteiger partial charge in [0.25, 0.3) is 0 Å². The molecule has 3 atom stereocenters. The number of ether oxygens (including phenoxy) is 1. The predicted octanol–water partition coefficient (Wildman–Crippen LogP) is 4.85. The van der Waals surface area contributed by atoms with Gasteiger partial charge >= 0.3 is 0 Å². The third-order valence-corrected chi connectivity index (χ3v) is 5.31. The zero-order chi connectivity index (χ0) is 17.6. The second kappa shape index (κ2) is 8.19. The fourth-order valence-electron chi connectivity index (χ4n) is 3.84. The van der Waals surface area contributed by atoms with Crippen LogP contribution in [0.25, 0.3) is 0 Å². The van der Waals surface area contributed by atoms with Crippen LogP contribution in [-0.2, 0) is 4.79 Å². The van der Waals surface area contributed by atoms with Crippen LogP contribution in [0.3, 0.4) is 0 Å². The minimum Gasteiger partial charge on any atom is -0.497 e. The molecule has 3 heteroatoms. The zero-order valence-corrected chi connectivity index (χ0v) is 15.1. The fraction of sp³-hybridized carbons (Fsp3) is 0.409. The van der Waals surface area contributed by atoms with Crippen LogP contribution in [0.2, 0.25) is 0 Å². The van der Waals surface area contributed by atoms with Crippen LogP contribution in [0.4, 0.5) is 0 Å². The lowest BCUT2D eigenvalue weighted by Gasteiger charge is -2.32. The quantitative estimate of drug-likeness (QED) is 0.847. The maximum atomic E-state index is 13.0. The summed E-state index contributed by atoms with van der Waals surface area (Å²) < 4.78 is 5.25. The molecular formula is C22H27NO2. The molecule has 0 aromatic heterocycles. The molecule has 0 spiro atoms. The molecule has 0 unspecified atom stereocenters. The number of rotatable bonds is 5. The van der Waals surface area contributed by atoms with Gasteiger partial charge in [0, 0.05) is 5.92 Å². The van der Waals surface area contributed by atoms with Crippen molar-refractivity contribution in [3.63, 3.8) is 0 Å². The van der Waals surface area contributed by atoms with Gasteiger partial charge in [0.1, 0.15) is 5.75 Å². The van der Waals surface area contributed by atoms with E-state index in [9.17, 15) is 4.79 Å².